The summed E-state index contributed by atoms with van der Waals surface area (Å²) < 4.78 is 5.54. The van der Waals surface area contributed by atoms with Crippen LogP contribution in [0.2, 0.25) is 0 Å². The molecule has 90 valence electrons. The van der Waals surface area contributed by atoms with Crippen molar-refractivity contribution in [2.24, 2.45) is 0 Å². The number of phenols is 1. The van der Waals surface area contributed by atoms with Crippen molar-refractivity contribution in [2.45, 2.75) is 13.3 Å². The van der Waals surface area contributed by atoms with Crippen molar-refractivity contribution < 1.29 is 9.52 Å². The Morgan fingerprint density at radius 2 is 1.83 bits per heavy atom. The average Bonchev–Trinajstić information content (AvgIpc) is 2.79. The van der Waals surface area contributed by atoms with Crippen LogP contribution in [0.5, 0.6) is 5.75 Å². The molecule has 2 heteroatoms. The lowest BCUT2D eigenvalue weighted by molar-refractivity contribution is 0.465. The Hall–Kier alpha value is -2.22. The molecule has 1 aromatic heterocycles. The van der Waals surface area contributed by atoms with Crippen LogP contribution in [0.15, 0.2) is 52.9 Å². The molecule has 0 fully saturated rings. The summed E-state index contributed by atoms with van der Waals surface area (Å²) in [4.78, 5) is 0. The third kappa shape index (κ3) is 1.86. The van der Waals surface area contributed by atoms with Gasteiger partial charge in [0.1, 0.15) is 17.3 Å². The van der Waals surface area contributed by atoms with Gasteiger partial charge in [0.2, 0.25) is 0 Å². The topological polar surface area (TPSA) is 33.4 Å². The number of furan rings is 1. The van der Waals surface area contributed by atoms with Gasteiger partial charge in [-0.3, -0.25) is 0 Å². The molecule has 0 amide bonds. The first-order valence-corrected chi connectivity index (χ1v) is 5.99. The molecule has 0 atom stereocenters. The van der Waals surface area contributed by atoms with E-state index in [1.54, 1.807) is 0 Å². The molecule has 0 saturated heterocycles. The van der Waals surface area contributed by atoms with Gasteiger partial charge in [-0.05, 0) is 24.4 Å². The van der Waals surface area contributed by atoms with Crippen molar-refractivity contribution >= 4 is 10.8 Å². The van der Waals surface area contributed by atoms with E-state index >= 15 is 0 Å². The monoisotopic (exact) mass is 238 g/mol. The molecule has 0 aliphatic heterocycles. The number of hydrogen-bond acceptors (Lipinski definition) is 2. The highest BCUT2D eigenvalue weighted by molar-refractivity contribution is 5.89. The Balaban J connectivity index is 2.04. The quantitative estimate of drug-likeness (QED) is 0.731. The summed E-state index contributed by atoms with van der Waals surface area (Å²) in [6.07, 6.45) is 0.616. The van der Waals surface area contributed by atoms with Gasteiger partial charge < -0.3 is 9.52 Å². The van der Waals surface area contributed by atoms with Crippen LogP contribution in [-0.4, -0.2) is 5.11 Å². The first kappa shape index (κ1) is 10.9. The summed E-state index contributed by atoms with van der Waals surface area (Å²) in [7, 11) is 0. The van der Waals surface area contributed by atoms with Crippen molar-refractivity contribution in [3.8, 4) is 5.75 Å². The molecule has 0 aliphatic rings. The highest BCUT2D eigenvalue weighted by Gasteiger charge is 2.08. The third-order valence-electron chi connectivity index (χ3n) is 3.14. The predicted molar refractivity (Wildman–Crippen MR) is 71.9 cm³/mol. The van der Waals surface area contributed by atoms with Crippen LogP contribution in [0, 0.1) is 6.92 Å². The van der Waals surface area contributed by atoms with Crippen molar-refractivity contribution in [3.63, 3.8) is 0 Å². The number of fused-ring (bicyclic) bond motifs is 1. The van der Waals surface area contributed by atoms with Gasteiger partial charge in [0.25, 0.3) is 0 Å². The van der Waals surface area contributed by atoms with Crippen molar-refractivity contribution in [3.05, 3.63) is 65.6 Å². The van der Waals surface area contributed by atoms with E-state index < -0.39 is 0 Å². The lowest BCUT2D eigenvalue weighted by Gasteiger charge is -2.06. The van der Waals surface area contributed by atoms with Gasteiger partial charge in [0.05, 0.1) is 0 Å². The Bertz CT molecular complexity index is 695. The van der Waals surface area contributed by atoms with Gasteiger partial charge >= 0.3 is 0 Å². The Morgan fingerprint density at radius 3 is 2.61 bits per heavy atom. The zero-order valence-corrected chi connectivity index (χ0v) is 10.2. The molecular formula is C16H14O2. The van der Waals surface area contributed by atoms with Crippen molar-refractivity contribution in [2.75, 3.05) is 0 Å². The number of hydrogen-bond donors (Lipinski definition) is 1. The highest BCUT2D eigenvalue weighted by Crippen LogP contribution is 2.30. The number of phenolic OH excluding ortho intramolecular Hbond substituents is 1. The summed E-state index contributed by atoms with van der Waals surface area (Å²) >= 11 is 0. The van der Waals surface area contributed by atoms with E-state index in [0.29, 0.717) is 12.2 Å². The van der Waals surface area contributed by atoms with E-state index in [9.17, 15) is 5.11 Å². The van der Waals surface area contributed by atoms with E-state index in [0.717, 1.165) is 27.9 Å². The Labute approximate surface area is 105 Å². The molecule has 0 bridgehead atoms. The number of rotatable bonds is 2. The Kier molecular flexibility index (Phi) is 2.56. The molecule has 3 rings (SSSR count). The number of aromatic hydroxyl groups is 1. The fourth-order valence-electron chi connectivity index (χ4n) is 2.21. The van der Waals surface area contributed by atoms with Crippen LogP contribution < -0.4 is 0 Å². The fraction of sp³-hybridized carbons (Fsp3) is 0.125. The molecule has 18 heavy (non-hydrogen) atoms. The van der Waals surface area contributed by atoms with Crippen LogP contribution in [0.1, 0.15) is 17.1 Å². The molecule has 0 unspecified atom stereocenters. The summed E-state index contributed by atoms with van der Waals surface area (Å²) in [6.45, 7) is 1.92. The molecule has 3 aromatic rings. The zero-order chi connectivity index (χ0) is 12.5. The normalized spacial score (nSPS) is 10.9. The van der Waals surface area contributed by atoms with Crippen molar-refractivity contribution in [1.29, 1.82) is 0 Å². The van der Waals surface area contributed by atoms with E-state index in [2.05, 4.69) is 0 Å². The van der Waals surface area contributed by atoms with Gasteiger partial charge in [0, 0.05) is 17.4 Å². The largest absolute Gasteiger partial charge is 0.507 e. The van der Waals surface area contributed by atoms with E-state index in [1.165, 1.54) is 0 Å². The SMILES string of the molecule is Cc1ccc(Cc2ccc3ccccc3c2O)o1. The van der Waals surface area contributed by atoms with E-state index in [-0.39, 0.29) is 0 Å². The molecule has 0 saturated carbocycles. The molecule has 0 aliphatic carbocycles. The van der Waals surface area contributed by atoms with Crippen LogP contribution in [0.3, 0.4) is 0 Å². The van der Waals surface area contributed by atoms with Gasteiger partial charge in [-0.2, -0.15) is 0 Å². The van der Waals surface area contributed by atoms with E-state index in [1.807, 2.05) is 55.5 Å². The summed E-state index contributed by atoms with van der Waals surface area (Å²) in [6, 6.07) is 15.7. The Morgan fingerprint density at radius 1 is 1.00 bits per heavy atom. The first-order chi connectivity index (χ1) is 8.74. The smallest absolute Gasteiger partial charge is 0.127 e. The van der Waals surface area contributed by atoms with E-state index in [4.69, 9.17) is 4.42 Å². The number of aryl methyl sites for hydroxylation is 1. The van der Waals surface area contributed by atoms with Gasteiger partial charge in [-0.1, -0.05) is 36.4 Å². The van der Waals surface area contributed by atoms with Crippen LogP contribution in [0.4, 0.5) is 0 Å². The van der Waals surface area contributed by atoms with Gasteiger partial charge in [-0.15, -0.1) is 0 Å². The standard InChI is InChI=1S/C16H14O2/c1-11-6-9-14(18-11)10-13-8-7-12-4-2-3-5-15(12)16(13)17/h2-9,17H,10H2,1H3. The second-order valence-electron chi connectivity index (χ2n) is 4.48. The lowest BCUT2D eigenvalue weighted by Crippen LogP contribution is -1.87. The minimum atomic E-state index is 0.349. The minimum absolute atomic E-state index is 0.349. The summed E-state index contributed by atoms with van der Waals surface area (Å²) in [5, 5.41) is 12.2. The molecule has 2 aromatic carbocycles. The average molecular weight is 238 g/mol. The van der Waals surface area contributed by atoms with Gasteiger partial charge in [-0.25, -0.2) is 0 Å². The molecule has 0 spiro atoms. The van der Waals surface area contributed by atoms with Crippen LogP contribution >= 0.6 is 0 Å². The summed E-state index contributed by atoms with van der Waals surface area (Å²) in [5.74, 6) is 2.12. The molecule has 1 heterocycles. The summed E-state index contributed by atoms with van der Waals surface area (Å²) in [5.41, 5.74) is 0.892. The van der Waals surface area contributed by atoms with Crippen LogP contribution in [-0.2, 0) is 6.42 Å². The number of benzene rings is 2. The lowest BCUT2D eigenvalue weighted by atomic mass is 10.0. The fourth-order valence-corrected chi connectivity index (χ4v) is 2.21. The second-order valence-corrected chi connectivity index (χ2v) is 4.48. The molecule has 1 N–H and O–H groups in total. The first-order valence-electron chi connectivity index (χ1n) is 5.99. The highest BCUT2D eigenvalue weighted by atomic mass is 16.3. The molecular weight excluding hydrogens is 224 g/mol. The maximum absolute atomic E-state index is 10.3. The third-order valence-corrected chi connectivity index (χ3v) is 3.14. The zero-order valence-electron chi connectivity index (χ0n) is 10.2. The van der Waals surface area contributed by atoms with Crippen LogP contribution in [0.25, 0.3) is 10.8 Å². The molecule has 2 nitrogen and oxygen atoms in total. The second kappa shape index (κ2) is 4.22. The maximum Gasteiger partial charge on any atom is 0.127 e. The predicted octanol–water partition coefficient (Wildman–Crippen LogP) is 4.04. The van der Waals surface area contributed by atoms with Gasteiger partial charge in [0.15, 0.2) is 0 Å². The van der Waals surface area contributed by atoms with Crippen molar-refractivity contribution in [1.82, 2.24) is 0 Å². The molecule has 0 radical (unpaired) electrons. The maximum atomic E-state index is 10.3. The minimum Gasteiger partial charge on any atom is -0.507 e.